The highest BCUT2D eigenvalue weighted by Gasteiger charge is 2.09. The van der Waals surface area contributed by atoms with Gasteiger partial charge in [-0.2, -0.15) is 0 Å². The lowest BCUT2D eigenvalue weighted by Gasteiger charge is -2.13. The minimum Gasteiger partial charge on any atom is -0.396 e. The lowest BCUT2D eigenvalue weighted by Crippen LogP contribution is -2.12. The van der Waals surface area contributed by atoms with Crippen LogP contribution in [0.2, 0.25) is 0 Å². The average molecular weight is 248 g/mol. The van der Waals surface area contributed by atoms with E-state index in [0.717, 1.165) is 28.6 Å². The number of aryl methyl sites for hydroxylation is 1. The number of hydrogen-bond acceptors (Lipinski definition) is 5. The molecule has 4 nitrogen and oxygen atoms in total. The van der Waals surface area contributed by atoms with Crippen LogP contribution < -0.4 is 11.1 Å². The summed E-state index contributed by atoms with van der Waals surface area (Å²) in [5.74, 6) is 1.12. The Morgan fingerprint density at radius 1 is 1.41 bits per heavy atom. The highest BCUT2D eigenvalue weighted by Crippen LogP contribution is 2.22. The number of rotatable bonds is 4. The first-order valence-corrected chi connectivity index (χ1v) is 6.40. The first kappa shape index (κ1) is 11.9. The van der Waals surface area contributed by atoms with Gasteiger partial charge in [-0.3, -0.25) is 0 Å². The molecule has 0 radical (unpaired) electrons. The molecule has 0 amide bonds. The zero-order chi connectivity index (χ0) is 12.3. The molecule has 90 valence electrons. The van der Waals surface area contributed by atoms with Gasteiger partial charge in [-0.15, -0.1) is 11.3 Å². The molecule has 0 spiro atoms. The number of nitrogens with one attached hydrogen (secondary N) is 1. The van der Waals surface area contributed by atoms with E-state index in [1.54, 1.807) is 17.5 Å². The lowest BCUT2D eigenvalue weighted by atomic mass is 10.2. The van der Waals surface area contributed by atoms with Crippen LogP contribution in [-0.4, -0.2) is 16.5 Å². The topological polar surface area (TPSA) is 63.8 Å². The molecule has 0 saturated carbocycles. The minimum absolute atomic E-state index is 0.358. The largest absolute Gasteiger partial charge is 0.396 e. The number of nitrogens with two attached hydrogens (primary N) is 1. The first-order valence-electron chi connectivity index (χ1n) is 5.53. The molecular weight excluding hydrogens is 232 g/mol. The van der Waals surface area contributed by atoms with Gasteiger partial charge in [-0.1, -0.05) is 6.92 Å². The van der Waals surface area contributed by atoms with Crippen LogP contribution in [0.15, 0.2) is 23.8 Å². The summed E-state index contributed by atoms with van der Waals surface area (Å²) in [6.45, 7) is 4.90. The van der Waals surface area contributed by atoms with Crippen molar-refractivity contribution >= 4 is 22.8 Å². The average Bonchev–Trinajstić information content (AvgIpc) is 2.84. The second-order valence-corrected chi connectivity index (χ2v) is 4.97. The molecule has 0 fully saturated rings. The van der Waals surface area contributed by atoms with Crippen LogP contribution in [-0.2, 0) is 0 Å². The van der Waals surface area contributed by atoms with Crippen LogP contribution in [0.4, 0.5) is 11.5 Å². The van der Waals surface area contributed by atoms with E-state index in [4.69, 9.17) is 5.73 Å². The van der Waals surface area contributed by atoms with Gasteiger partial charge >= 0.3 is 0 Å². The summed E-state index contributed by atoms with van der Waals surface area (Å²) in [7, 11) is 0. The van der Waals surface area contributed by atoms with Gasteiger partial charge in [0.15, 0.2) is 0 Å². The summed E-state index contributed by atoms with van der Waals surface area (Å²) in [5, 5.41) is 6.39. The van der Waals surface area contributed by atoms with Crippen molar-refractivity contribution in [1.82, 2.24) is 9.97 Å². The first-order chi connectivity index (χ1) is 8.18. The summed E-state index contributed by atoms with van der Waals surface area (Å²) in [6.07, 6.45) is 3.60. The zero-order valence-corrected chi connectivity index (χ0v) is 10.8. The Morgan fingerprint density at radius 2 is 2.24 bits per heavy atom. The van der Waals surface area contributed by atoms with Crippen molar-refractivity contribution in [2.45, 2.75) is 19.8 Å². The maximum Gasteiger partial charge on any atom is 0.149 e. The summed E-state index contributed by atoms with van der Waals surface area (Å²) in [5.41, 5.74) is 7.72. The molecule has 0 saturated heterocycles. The fourth-order valence-corrected chi connectivity index (χ4v) is 2.22. The summed E-state index contributed by atoms with van der Waals surface area (Å²) in [6, 6.07) is 1.91. The van der Waals surface area contributed by atoms with Gasteiger partial charge in [-0.05, 0) is 18.6 Å². The van der Waals surface area contributed by atoms with Crippen molar-refractivity contribution in [3.05, 3.63) is 34.4 Å². The molecule has 0 bridgehead atoms. The molecule has 2 rings (SSSR count). The highest BCUT2D eigenvalue weighted by atomic mass is 32.1. The molecule has 0 aromatic carbocycles. The van der Waals surface area contributed by atoms with Gasteiger partial charge in [0.25, 0.3) is 0 Å². The van der Waals surface area contributed by atoms with Gasteiger partial charge in [0.2, 0.25) is 0 Å². The Balaban J connectivity index is 2.00. The highest BCUT2D eigenvalue weighted by molar-refractivity contribution is 7.09. The van der Waals surface area contributed by atoms with Crippen molar-refractivity contribution in [2.24, 2.45) is 0 Å². The van der Waals surface area contributed by atoms with Crippen molar-refractivity contribution in [3.8, 4) is 0 Å². The maximum absolute atomic E-state index is 5.95. The summed E-state index contributed by atoms with van der Waals surface area (Å²) >= 11 is 1.67. The molecule has 2 aromatic rings. The molecule has 0 aliphatic rings. The van der Waals surface area contributed by atoms with Crippen LogP contribution in [0, 0.1) is 6.92 Å². The van der Waals surface area contributed by atoms with Crippen LogP contribution in [0.1, 0.15) is 23.4 Å². The van der Waals surface area contributed by atoms with Gasteiger partial charge in [0, 0.05) is 30.2 Å². The monoisotopic (exact) mass is 248 g/mol. The van der Waals surface area contributed by atoms with E-state index in [1.807, 2.05) is 24.6 Å². The molecule has 1 unspecified atom stereocenters. The van der Waals surface area contributed by atoms with E-state index in [0.29, 0.717) is 5.92 Å². The predicted octanol–water partition coefficient (Wildman–Crippen LogP) is 2.64. The van der Waals surface area contributed by atoms with E-state index >= 15 is 0 Å². The maximum atomic E-state index is 5.95. The smallest absolute Gasteiger partial charge is 0.149 e. The number of nitrogen functional groups attached to an aromatic ring is 1. The standard InChI is InChI=1S/C12H16N4S/c1-8-3-4-14-11(10(8)13)16-7-9(2)12-15-5-6-17-12/h3-6,9H,7,13H2,1-2H3,(H,14,16). The number of pyridine rings is 1. The molecular formula is C12H16N4S. The van der Waals surface area contributed by atoms with Gasteiger partial charge in [0.05, 0.1) is 10.7 Å². The third kappa shape index (κ3) is 2.74. The van der Waals surface area contributed by atoms with E-state index in [1.165, 1.54) is 0 Å². The Hall–Kier alpha value is -1.62. The fraction of sp³-hybridized carbons (Fsp3) is 0.333. The molecule has 0 aliphatic heterocycles. The number of nitrogens with zero attached hydrogens (tertiary/aromatic N) is 2. The second-order valence-electron chi connectivity index (χ2n) is 4.04. The molecule has 1 atom stereocenters. The van der Waals surface area contributed by atoms with Gasteiger partial charge in [-0.25, -0.2) is 9.97 Å². The molecule has 2 aromatic heterocycles. The zero-order valence-electron chi connectivity index (χ0n) is 9.97. The number of anilines is 2. The Kier molecular flexibility index (Phi) is 3.58. The summed E-state index contributed by atoms with van der Waals surface area (Å²) in [4.78, 5) is 8.53. The molecule has 0 aliphatic carbocycles. The Labute approximate surface area is 105 Å². The van der Waals surface area contributed by atoms with E-state index < -0.39 is 0 Å². The van der Waals surface area contributed by atoms with E-state index in [2.05, 4.69) is 22.2 Å². The number of aromatic nitrogens is 2. The van der Waals surface area contributed by atoms with E-state index in [9.17, 15) is 0 Å². The molecule has 2 heterocycles. The Morgan fingerprint density at radius 3 is 2.94 bits per heavy atom. The molecule has 17 heavy (non-hydrogen) atoms. The number of hydrogen-bond donors (Lipinski definition) is 2. The van der Waals surface area contributed by atoms with E-state index in [-0.39, 0.29) is 0 Å². The SMILES string of the molecule is Cc1ccnc(NCC(C)c2nccs2)c1N. The van der Waals surface area contributed by atoms with Crippen LogP contribution in [0.3, 0.4) is 0 Å². The number of thiazole rings is 1. The van der Waals surface area contributed by atoms with Gasteiger partial charge in [0.1, 0.15) is 5.82 Å². The van der Waals surface area contributed by atoms with Crippen LogP contribution in [0.25, 0.3) is 0 Å². The Bertz CT molecular complexity index is 481. The quantitative estimate of drug-likeness (QED) is 0.873. The predicted molar refractivity (Wildman–Crippen MR) is 72.4 cm³/mol. The summed E-state index contributed by atoms with van der Waals surface area (Å²) < 4.78 is 0. The van der Waals surface area contributed by atoms with Crippen molar-refractivity contribution in [1.29, 1.82) is 0 Å². The molecule has 3 N–H and O–H groups in total. The minimum atomic E-state index is 0.358. The van der Waals surface area contributed by atoms with Crippen molar-refractivity contribution in [2.75, 3.05) is 17.6 Å². The molecule has 5 heteroatoms. The van der Waals surface area contributed by atoms with Crippen molar-refractivity contribution < 1.29 is 0 Å². The van der Waals surface area contributed by atoms with Crippen molar-refractivity contribution in [3.63, 3.8) is 0 Å². The third-order valence-electron chi connectivity index (χ3n) is 2.66. The normalized spacial score (nSPS) is 12.4. The lowest BCUT2D eigenvalue weighted by molar-refractivity contribution is 0.792. The van der Waals surface area contributed by atoms with Crippen LogP contribution >= 0.6 is 11.3 Å². The third-order valence-corrected chi connectivity index (χ3v) is 3.66. The fourth-order valence-electron chi connectivity index (χ4n) is 1.53. The van der Waals surface area contributed by atoms with Crippen LogP contribution in [0.5, 0.6) is 0 Å². The van der Waals surface area contributed by atoms with Gasteiger partial charge < -0.3 is 11.1 Å². The second kappa shape index (κ2) is 5.14.